The molecule has 0 aliphatic heterocycles. The first-order valence-corrected chi connectivity index (χ1v) is 9.15. The fourth-order valence-electron chi connectivity index (χ4n) is 2.04. The topological polar surface area (TPSA) is 63.1 Å². The van der Waals surface area contributed by atoms with Crippen molar-refractivity contribution in [2.45, 2.75) is 0 Å². The maximum absolute atomic E-state index is 14.4. The van der Waals surface area contributed by atoms with E-state index >= 15 is 0 Å². The molecule has 24 heavy (non-hydrogen) atoms. The summed E-state index contributed by atoms with van der Waals surface area (Å²) < 4.78 is 29.0. The van der Waals surface area contributed by atoms with Gasteiger partial charge in [0.2, 0.25) is 0 Å². The van der Waals surface area contributed by atoms with Crippen molar-refractivity contribution in [3.63, 3.8) is 0 Å². The van der Waals surface area contributed by atoms with Crippen LogP contribution in [-0.4, -0.2) is 21.0 Å². The second kappa shape index (κ2) is 6.95. The van der Waals surface area contributed by atoms with E-state index < -0.39 is 35.3 Å². The van der Waals surface area contributed by atoms with Crippen molar-refractivity contribution in [1.29, 1.82) is 0 Å². The van der Waals surface area contributed by atoms with Gasteiger partial charge < -0.3 is 0 Å². The number of pyridine rings is 2. The second-order valence-electron chi connectivity index (χ2n) is 4.63. The molecule has 2 aromatic heterocycles. The normalized spacial score (nSPS) is 10.8. The van der Waals surface area contributed by atoms with Gasteiger partial charge in [0.25, 0.3) is 0 Å². The molecule has 0 aliphatic carbocycles. The summed E-state index contributed by atoms with van der Waals surface area (Å²) in [5.41, 5.74) is 0.501. The molecule has 0 radical (unpaired) electrons. The molecule has 0 bridgehead atoms. The van der Waals surface area contributed by atoms with Crippen molar-refractivity contribution < 1.29 is 36.4 Å². The number of aromatic carboxylic acids is 1. The van der Waals surface area contributed by atoms with E-state index in [2.05, 4.69) is 9.97 Å². The van der Waals surface area contributed by atoms with Crippen molar-refractivity contribution in [3.8, 4) is 11.3 Å². The van der Waals surface area contributed by atoms with Crippen molar-refractivity contribution in [3.05, 3.63) is 72.2 Å². The summed E-state index contributed by atoms with van der Waals surface area (Å²) >= 11 is -1.33. The Morgan fingerprint density at radius 2 is 1.79 bits per heavy atom. The van der Waals surface area contributed by atoms with E-state index in [1.54, 1.807) is 30.3 Å². The van der Waals surface area contributed by atoms with Gasteiger partial charge in [0.1, 0.15) is 0 Å². The molecule has 0 fully saturated rings. The van der Waals surface area contributed by atoms with E-state index in [-0.39, 0.29) is 11.3 Å². The molecule has 1 aromatic carbocycles. The van der Waals surface area contributed by atoms with Gasteiger partial charge >= 0.3 is 144 Å². The number of aromatic nitrogens is 2. The van der Waals surface area contributed by atoms with Gasteiger partial charge in [0.15, 0.2) is 0 Å². The van der Waals surface area contributed by atoms with Crippen LogP contribution in [0.3, 0.4) is 0 Å². The molecule has 7 heteroatoms. The summed E-state index contributed by atoms with van der Waals surface area (Å²) in [5.74, 6) is -2.58. The van der Waals surface area contributed by atoms with Crippen LogP contribution in [0.2, 0.25) is 0 Å². The Balaban J connectivity index is 2.14. The number of benzene rings is 1. The predicted molar refractivity (Wildman–Crippen MR) is 80.1 cm³/mol. The van der Waals surface area contributed by atoms with Crippen LogP contribution in [0.5, 0.6) is 0 Å². The van der Waals surface area contributed by atoms with Gasteiger partial charge in [-0.25, -0.2) is 0 Å². The van der Waals surface area contributed by atoms with Gasteiger partial charge in [-0.2, -0.15) is 0 Å². The van der Waals surface area contributed by atoms with Gasteiger partial charge in [-0.05, 0) is 0 Å². The fraction of sp³-hybridized carbons (Fsp3) is 0. The van der Waals surface area contributed by atoms with Crippen molar-refractivity contribution in [2.24, 2.45) is 0 Å². The third kappa shape index (κ3) is 3.37. The molecule has 3 rings (SSSR count). The van der Waals surface area contributed by atoms with Crippen LogP contribution >= 0.6 is 0 Å². The number of nitrogens with zero attached hydrogens (tertiary/aromatic N) is 2. The molecular weight excluding hydrogens is 494 g/mol. The number of hydrogen-bond donors (Lipinski definition) is 1. The average molecular weight is 504 g/mol. The summed E-state index contributed by atoms with van der Waals surface area (Å²) in [5, 5.41) is 9.24. The SMILES string of the molecule is O=C(O)c1nccc[c]1[Ir][c]1cc(F)cc(F)c1-c1ccccn1. The number of hydrogen-bond acceptors (Lipinski definition) is 3. The van der Waals surface area contributed by atoms with Crippen LogP contribution in [0.15, 0.2) is 54.9 Å². The van der Waals surface area contributed by atoms with Gasteiger partial charge in [-0.15, -0.1) is 0 Å². The van der Waals surface area contributed by atoms with Crippen molar-refractivity contribution >= 4 is 14.1 Å². The number of carboxylic acid groups (broad SMARTS) is 1. The monoisotopic (exact) mass is 505 g/mol. The zero-order valence-corrected chi connectivity index (χ0v) is 14.4. The summed E-state index contributed by atoms with van der Waals surface area (Å²) in [6, 6.07) is 10.3. The molecule has 0 saturated carbocycles. The van der Waals surface area contributed by atoms with Crippen LogP contribution < -0.4 is 8.15 Å². The van der Waals surface area contributed by atoms with E-state index in [0.717, 1.165) is 6.07 Å². The molecule has 0 atom stereocenters. The second-order valence-corrected chi connectivity index (χ2v) is 7.81. The molecular formula is C17H10F2IrN2O2. The number of rotatable bonds is 4. The number of carbonyl (C=O) groups is 1. The van der Waals surface area contributed by atoms with E-state index in [4.69, 9.17) is 0 Å². The van der Waals surface area contributed by atoms with Crippen LogP contribution in [0.25, 0.3) is 11.3 Å². The van der Waals surface area contributed by atoms with Gasteiger partial charge in [-0.1, -0.05) is 0 Å². The third-order valence-corrected chi connectivity index (χ3v) is 6.23. The van der Waals surface area contributed by atoms with E-state index in [1.807, 2.05) is 0 Å². The molecule has 0 saturated heterocycles. The molecule has 2 heterocycles. The Kier molecular flexibility index (Phi) is 4.73. The Morgan fingerprint density at radius 3 is 2.50 bits per heavy atom. The molecule has 0 amide bonds. The minimum absolute atomic E-state index is 0.0888. The predicted octanol–water partition coefficient (Wildman–Crippen LogP) is 2.15. The summed E-state index contributed by atoms with van der Waals surface area (Å²) in [7, 11) is 0. The van der Waals surface area contributed by atoms with Crippen LogP contribution in [-0.2, 0) is 17.7 Å². The Labute approximate surface area is 144 Å². The van der Waals surface area contributed by atoms with Gasteiger partial charge in [0.05, 0.1) is 0 Å². The number of carboxylic acids is 1. The first kappa shape index (κ1) is 16.4. The first-order valence-electron chi connectivity index (χ1n) is 6.75. The Morgan fingerprint density at radius 1 is 1.00 bits per heavy atom. The van der Waals surface area contributed by atoms with E-state index in [1.165, 1.54) is 18.5 Å². The van der Waals surface area contributed by atoms with Crippen LogP contribution in [0.4, 0.5) is 8.78 Å². The van der Waals surface area contributed by atoms with Crippen LogP contribution in [0, 0.1) is 11.6 Å². The Hall–Kier alpha value is -2.50. The van der Waals surface area contributed by atoms with E-state index in [0.29, 0.717) is 13.8 Å². The molecule has 123 valence electrons. The van der Waals surface area contributed by atoms with Crippen LogP contribution in [0.1, 0.15) is 10.5 Å². The van der Waals surface area contributed by atoms with Gasteiger partial charge in [-0.3, -0.25) is 0 Å². The quantitative estimate of drug-likeness (QED) is 0.592. The first-order chi connectivity index (χ1) is 11.6. The number of halogens is 2. The standard InChI is InChI=1S/C11H6F2N.C6H4NO2.Ir/c12-8-4-5-9(10(13)7-8)11-3-1-2-6-14-11;8-6(9)5-3-1-2-4-7-5;/h1-4,6-7H;1-2,4H,(H,8,9);. The zero-order chi connectivity index (χ0) is 17.1. The zero-order valence-electron chi connectivity index (χ0n) is 12.0. The molecule has 3 aromatic rings. The third-order valence-electron chi connectivity index (χ3n) is 3.03. The maximum atomic E-state index is 14.4. The van der Waals surface area contributed by atoms with E-state index in [9.17, 15) is 18.7 Å². The molecule has 0 unspecified atom stereocenters. The van der Waals surface area contributed by atoms with Crippen molar-refractivity contribution in [1.82, 2.24) is 9.97 Å². The van der Waals surface area contributed by atoms with Crippen molar-refractivity contribution in [2.75, 3.05) is 0 Å². The molecule has 0 spiro atoms. The van der Waals surface area contributed by atoms with Gasteiger partial charge in [0, 0.05) is 0 Å². The molecule has 4 nitrogen and oxygen atoms in total. The Bertz CT molecular complexity index is 904. The minimum atomic E-state index is -1.33. The summed E-state index contributed by atoms with van der Waals surface area (Å²) in [4.78, 5) is 19.3. The molecule has 0 aliphatic rings. The fourth-order valence-corrected chi connectivity index (χ4v) is 5.26. The average Bonchev–Trinajstić information content (AvgIpc) is 2.55. The summed E-state index contributed by atoms with van der Waals surface area (Å²) in [6.45, 7) is 0. The molecule has 1 N–H and O–H groups in total. The summed E-state index contributed by atoms with van der Waals surface area (Å²) in [6.07, 6.45) is 2.90.